The van der Waals surface area contributed by atoms with Crippen LogP contribution in [-0.4, -0.2) is 22.2 Å². The lowest BCUT2D eigenvalue weighted by atomic mass is 10.1. The van der Waals surface area contributed by atoms with Crippen molar-refractivity contribution < 1.29 is 9.53 Å². The third kappa shape index (κ3) is 3.65. The predicted octanol–water partition coefficient (Wildman–Crippen LogP) is 2.73. The number of carbonyl (C=O) groups is 1. The molecule has 0 amide bonds. The van der Waals surface area contributed by atoms with Crippen LogP contribution in [0.5, 0.6) is 0 Å². The number of anilines is 1. The van der Waals surface area contributed by atoms with Gasteiger partial charge < -0.3 is 19.6 Å². The van der Waals surface area contributed by atoms with Gasteiger partial charge in [0.2, 0.25) is 0 Å². The van der Waals surface area contributed by atoms with Crippen molar-refractivity contribution in [1.29, 1.82) is 0 Å². The highest BCUT2D eigenvalue weighted by molar-refractivity contribution is 5.97. The molecule has 0 spiro atoms. The van der Waals surface area contributed by atoms with Gasteiger partial charge in [-0.15, -0.1) is 0 Å². The van der Waals surface area contributed by atoms with Crippen LogP contribution in [-0.2, 0) is 17.8 Å². The molecule has 3 aromatic rings. The molecule has 1 aromatic carbocycles. The molecule has 6 heteroatoms. The minimum absolute atomic E-state index is 0.0222. The molecule has 0 saturated carbocycles. The van der Waals surface area contributed by atoms with E-state index in [0.29, 0.717) is 24.3 Å². The van der Waals surface area contributed by atoms with Crippen molar-refractivity contribution >= 4 is 11.7 Å². The molecule has 0 fully saturated rings. The number of carbonyl (C=O) groups excluding carboxylic acids is 1. The van der Waals surface area contributed by atoms with E-state index < -0.39 is 5.97 Å². The number of hydrogen-bond acceptors (Lipinski definition) is 4. The summed E-state index contributed by atoms with van der Waals surface area (Å²) in [6, 6.07) is 13.2. The van der Waals surface area contributed by atoms with Crippen molar-refractivity contribution in [3.63, 3.8) is 0 Å². The molecular weight excluding hydrogens is 342 g/mol. The summed E-state index contributed by atoms with van der Waals surface area (Å²) in [5.41, 5.74) is 10.7. The van der Waals surface area contributed by atoms with Gasteiger partial charge in [-0.1, -0.05) is 30.3 Å². The molecular formula is C21H23N3O3. The molecule has 0 bridgehead atoms. The van der Waals surface area contributed by atoms with E-state index in [1.807, 2.05) is 48.7 Å². The van der Waals surface area contributed by atoms with E-state index >= 15 is 0 Å². The van der Waals surface area contributed by atoms with Gasteiger partial charge in [0.05, 0.1) is 19.3 Å². The number of nitrogens with two attached hydrogens (primary N) is 1. The zero-order valence-corrected chi connectivity index (χ0v) is 15.7. The van der Waals surface area contributed by atoms with Gasteiger partial charge in [0.1, 0.15) is 5.56 Å². The summed E-state index contributed by atoms with van der Waals surface area (Å²) in [5.74, 6) is -0.421. The van der Waals surface area contributed by atoms with E-state index in [1.54, 1.807) is 22.9 Å². The Labute approximate surface area is 157 Å². The quantitative estimate of drug-likeness (QED) is 0.705. The fourth-order valence-electron chi connectivity index (χ4n) is 3.23. The SMILES string of the molecule is COC(=O)c1c(N)c(C)n(Cc2ccc(Cn3ccccc3=O)cc2)c1C. The highest BCUT2D eigenvalue weighted by Gasteiger charge is 2.21. The van der Waals surface area contributed by atoms with Gasteiger partial charge in [-0.25, -0.2) is 4.79 Å². The van der Waals surface area contributed by atoms with Gasteiger partial charge in [-0.2, -0.15) is 0 Å². The van der Waals surface area contributed by atoms with Crippen LogP contribution in [0.1, 0.15) is 32.9 Å². The summed E-state index contributed by atoms with van der Waals surface area (Å²) >= 11 is 0. The largest absolute Gasteiger partial charge is 0.465 e. The number of nitrogen functional groups attached to an aromatic ring is 1. The Hall–Kier alpha value is -3.28. The second kappa shape index (κ2) is 7.53. The van der Waals surface area contributed by atoms with Crippen LogP contribution in [0.2, 0.25) is 0 Å². The van der Waals surface area contributed by atoms with Crippen LogP contribution in [0.25, 0.3) is 0 Å². The zero-order valence-electron chi connectivity index (χ0n) is 15.7. The summed E-state index contributed by atoms with van der Waals surface area (Å²) in [5, 5.41) is 0. The van der Waals surface area contributed by atoms with Gasteiger partial charge in [0.25, 0.3) is 5.56 Å². The van der Waals surface area contributed by atoms with Crippen LogP contribution in [0.15, 0.2) is 53.5 Å². The normalized spacial score (nSPS) is 10.8. The molecule has 0 aliphatic carbocycles. The van der Waals surface area contributed by atoms with E-state index in [-0.39, 0.29) is 5.56 Å². The van der Waals surface area contributed by atoms with Crippen molar-refractivity contribution in [3.8, 4) is 0 Å². The van der Waals surface area contributed by atoms with Crippen LogP contribution in [0.4, 0.5) is 5.69 Å². The third-order valence-corrected chi connectivity index (χ3v) is 4.84. The molecule has 0 aliphatic heterocycles. The molecule has 0 saturated heterocycles. The maximum atomic E-state index is 12.0. The second-order valence-corrected chi connectivity index (χ2v) is 6.52. The number of pyridine rings is 1. The minimum Gasteiger partial charge on any atom is -0.465 e. The summed E-state index contributed by atoms with van der Waals surface area (Å²) in [6.45, 7) is 4.89. The van der Waals surface area contributed by atoms with E-state index in [1.165, 1.54) is 7.11 Å². The summed E-state index contributed by atoms with van der Waals surface area (Å²) in [7, 11) is 1.35. The van der Waals surface area contributed by atoms with Crippen molar-refractivity contribution in [2.24, 2.45) is 0 Å². The topological polar surface area (TPSA) is 79.2 Å². The van der Waals surface area contributed by atoms with E-state index in [4.69, 9.17) is 10.5 Å². The Balaban J connectivity index is 1.82. The fourth-order valence-corrected chi connectivity index (χ4v) is 3.23. The first-order chi connectivity index (χ1) is 12.9. The standard InChI is InChI=1S/C21H23N3O3/c1-14-19(21(26)27-3)20(22)15(2)24(14)13-17-9-7-16(8-10-17)12-23-11-5-4-6-18(23)25/h4-11H,12-13,22H2,1-3H3. The smallest absolute Gasteiger partial charge is 0.341 e. The number of aromatic nitrogens is 2. The monoisotopic (exact) mass is 365 g/mol. The maximum Gasteiger partial charge on any atom is 0.341 e. The zero-order chi connectivity index (χ0) is 19.6. The van der Waals surface area contributed by atoms with Crippen molar-refractivity contribution in [3.05, 3.63) is 87.1 Å². The van der Waals surface area contributed by atoms with Crippen molar-refractivity contribution in [2.45, 2.75) is 26.9 Å². The van der Waals surface area contributed by atoms with Gasteiger partial charge in [0, 0.05) is 30.2 Å². The van der Waals surface area contributed by atoms with E-state index in [0.717, 1.165) is 22.5 Å². The lowest BCUT2D eigenvalue weighted by Gasteiger charge is -2.11. The lowest BCUT2D eigenvalue weighted by Crippen LogP contribution is -2.18. The molecule has 0 atom stereocenters. The number of methoxy groups -OCH3 is 1. The molecule has 27 heavy (non-hydrogen) atoms. The van der Waals surface area contributed by atoms with E-state index in [9.17, 15) is 9.59 Å². The third-order valence-electron chi connectivity index (χ3n) is 4.84. The molecule has 2 heterocycles. The average molecular weight is 365 g/mol. The molecule has 0 radical (unpaired) electrons. The number of ether oxygens (including phenoxy) is 1. The molecule has 2 aromatic heterocycles. The van der Waals surface area contributed by atoms with Crippen LogP contribution in [0, 0.1) is 13.8 Å². The Morgan fingerprint density at radius 1 is 1.00 bits per heavy atom. The first-order valence-electron chi connectivity index (χ1n) is 8.69. The van der Waals surface area contributed by atoms with Crippen molar-refractivity contribution in [1.82, 2.24) is 9.13 Å². The van der Waals surface area contributed by atoms with E-state index in [2.05, 4.69) is 0 Å². The second-order valence-electron chi connectivity index (χ2n) is 6.52. The molecule has 0 aliphatic rings. The molecule has 6 nitrogen and oxygen atoms in total. The Morgan fingerprint density at radius 3 is 2.22 bits per heavy atom. The summed E-state index contributed by atoms with van der Waals surface area (Å²) in [6.07, 6.45) is 1.78. The Bertz CT molecular complexity index is 1030. The van der Waals surface area contributed by atoms with Gasteiger partial charge in [-0.05, 0) is 31.0 Å². The average Bonchev–Trinajstić information content (AvgIpc) is 2.88. The first-order valence-corrected chi connectivity index (χ1v) is 8.69. The van der Waals surface area contributed by atoms with Crippen LogP contribution in [0.3, 0.4) is 0 Å². The van der Waals surface area contributed by atoms with Crippen LogP contribution < -0.4 is 11.3 Å². The Kier molecular flexibility index (Phi) is 5.16. The van der Waals surface area contributed by atoms with Gasteiger partial charge in [-0.3, -0.25) is 4.79 Å². The van der Waals surface area contributed by atoms with Crippen LogP contribution >= 0.6 is 0 Å². The highest BCUT2D eigenvalue weighted by Crippen LogP contribution is 2.26. The number of nitrogens with zero attached hydrogens (tertiary/aromatic N) is 2. The first kappa shape index (κ1) is 18.5. The summed E-state index contributed by atoms with van der Waals surface area (Å²) in [4.78, 5) is 23.8. The minimum atomic E-state index is -0.421. The fraction of sp³-hybridized carbons (Fsp3) is 0.238. The highest BCUT2D eigenvalue weighted by atomic mass is 16.5. The molecule has 0 unspecified atom stereocenters. The molecule has 2 N–H and O–H groups in total. The molecule has 140 valence electrons. The number of benzene rings is 1. The molecule has 3 rings (SSSR count). The predicted molar refractivity (Wildman–Crippen MR) is 105 cm³/mol. The van der Waals surface area contributed by atoms with Gasteiger partial charge in [0.15, 0.2) is 0 Å². The number of esters is 1. The number of hydrogen-bond donors (Lipinski definition) is 1. The summed E-state index contributed by atoms with van der Waals surface area (Å²) < 4.78 is 8.52. The Morgan fingerprint density at radius 2 is 1.63 bits per heavy atom. The lowest BCUT2D eigenvalue weighted by molar-refractivity contribution is 0.0601. The maximum absolute atomic E-state index is 12.0. The van der Waals surface area contributed by atoms with Gasteiger partial charge >= 0.3 is 5.97 Å². The van der Waals surface area contributed by atoms with Crippen molar-refractivity contribution in [2.75, 3.05) is 12.8 Å². The number of rotatable bonds is 5.